The van der Waals surface area contributed by atoms with Crippen molar-refractivity contribution in [3.63, 3.8) is 0 Å². The van der Waals surface area contributed by atoms with Gasteiger partial charge in [0.25, 0.3) is 0 Å². The lowest BCUT2D eigenvalue weighted by atomic mass is 10.1. The summed E-state index contributed by atoms with van der Waals surface area (Å²) in [4.78, 5) is 14.5. The summed E-state index contributed by atoms with van der Waals surface area (Å²) in [5.41, 5.74) is 1.39. The first kappa shape index (κ1) is 17.7. The van der Waals surface area contributed by atoms with Gasteiger partial charge in [-0.1, -0.05) is 35.9 Å². The van der Waals surface area contributed by atoms with Crippen LogP contribution in [0.15, 0.2) is 42.5 Å². The van der Waals surface area contributed by atoms with E-state index in [9.17, 15) is 9.18 Å². The molecule has 0 aliphatic heterocycles. The number of halogens is 2. The smallest absolute Gasteiger partial charge is 0.223 e. The zero-order chi connectivity index (χ0) is 17.8. The van der Waals surface area contributed by atoms with Crippen molar-refractivity contribution in [3.8, 4) is 5.75 Å². The Bertz CT molecular complexity index is 741. The lowest BCUT2D eigenvalue weighted by Gasteiger charge is -2.23. The molecule has 132 valence electrons. The Morgan fingerprint density at radius 2 is 2.00 bits per heavy atom. The number of amides is 1. The van der Waals surface area contributed by atoms with Crippen LogP contribution in [0.1, 0.15) is 30.4 Å². The number of aryl methyl sites for hydroxylation is 1. The molecule has 5 heteroatoms. The van der Waals surface area contributed by atoms with Crippen LogP contribution in [0.3, 0.4) is 0 Å². The molecular weight excluding hydrogens is 341 g/mol. The third-order valence-electron chi connectivity index (χ3n) is 4.50. The van der Waals surface area contributed by atoms with Gasteiger partial charge in [-0.05, 0) is 43.0 Å². The number of ether oxygens (including phenoxy) is 1. The molecule has 25 heavy (non-hydrogen) atoms. The number of benzene rings is 2. The molecule has 1 aliphatic carbocycles. The third kappa shape index (κ3) is 4.31. The van der Waals surface area contributed by atoms with E-state index in [0.29, 0.717) is 23.4 Å². The SMILES string of the molecule is COc1ccccc1CCC(=O)N(Cc1c(F)cccc1Cl)C1CC1. The zero-order valence-corrected chi connectivity index (χ0v) is 14.9. The summed E-state index contributed by atoms with van der Waals surface area (Å²) in [5.74, 6) is 0.439. The second-order valence-corrected chi connectivity index (χ2v) is 6.67. The first-order valence-electron chi connectivity index (χ1n) is 8.44. The van der Waals surface area contributed by atoms with E-state index in [1.165, 1.54) is 6.07 Å². The van der Waals surface area contributed by atoms with Gasteiger partial charge in [0, 0.05) is 23.0 Å². The molecule has 0 spiro atoms. The molecule has 0 heterocycles. The van der Waals surface area contributed by atoms with E-state index >= 15 is 0 Å². The molecule has 2 aromatic carbocycles. The predicted octanol–water partition coefficient (Wildman–Crippen LogP) is 4.61. The summed E-state index contributed by atoms with van der Waals surface area (Å²) < 4.78 is 19.4. The highest BCUT2D eigenvalue weighted by molar-refractivity contribution is 6.31. The summed E-state index contributed by atoms with van der Waals surface area (Å²) in [6.45, 7) is 0.223. The Morgan fingerprint density at radius 1 is 1.24 bits per heavy atom. The fourth-order valence-electron chi connectivity index (χ4n) is 2.96. The maximum atomic E-state index is 14.1. The van der Waals surface area contributed by atoms with Crippen LogP contribution in [-0.4, -0.2) is 24.0 Å². The minimum absolute atomic E-state index is 0.0210. The molecule has 2 aromatic rings. The van der Waals surface area contributed by atoms with Crippen molar-refractivity contribution in [1.29, 1.82) is 0 Å². The second-order valence-electron chi connectivity index (χ2n) is 6.26. The highest BCUT2D eigenvalue weighted by Gasteiger charge is 2.33. The summed E-state index contributed by atoms with van der Waals surface area (Å²) in [6, 6.07) is 12.5. The lowest BCUT2D eigenvalue weighted by molar-refractivity contribution is -0.132. The number of hydrogen-bond acceptors (Lipinski definition) is 2. The first-order valence-corrected chi connectivity index (χ1v) is 8.82. The van der Waals surface area contributed by atoms with E-state index in [2.05, 4.69) is 0 Å². The molecule has 1 aliphatic rings. The van der Waals surface area contributed by atoms with Crippen LogP contribution in [0.2, 0.25) is 5.02 Å². The van der Waals surface area contributed by atoms with Crippen LogP contribution in [0.5, 0.6) is 5.75 Å². The van der Waals surface area contributed by atoms with Gasteiger partial charge in [-0.2, -0.15) is 0 Å². The van der Waals surface area contributed by atoms with Crippen LogP contribution in [0, 0.1) is 5.82 Å². The van der Waals surface area contributed by atoms with Crippen molar-refractivity contribution in [1.82, 2.24) is 4.90 Å². The van der Waals surface area contributed by atoms with Gasteiger partial charge < -0.3 is 9.64 Å². The van der Waals surface area contributed by atoms with Crippen molar-refractivity contribution in [2.45, 2.75) is 38.3 Å². The molecule has 0 aromatic heterocycles. The Morgan fingerprint density at radius 3 is 2.68 bits per heavy atom. The molecule has 1 fully saturated rings. The van der Waals surface area contributed by atoms with Crippen molar-refractivity contribution in [2.75, 3.05) is 7.11 Å². The van der Waals surface area contributed by atoms with E-state index in [-0.39, 0.29) is 24.3 Å². The van der Waals surface area contributed by atoms with E-state index in [1.807, 2.05) is 24.3 Å². The van der Waals surface area contributed by atoms with Crippen LogP contribution < -0.4 is 4.74 Å². The minimum Gasteiger partial charge on any atom is -0.496 e. The van der Waals surface area contributed by atoms with Crippen molar-refractivity contribution >= 4 is 17.5 Å². The quantitative estimate of drug-likeness (QED) is 0.720. The maximum Gasteiger partial charge on any atom is 0.223 e. The predicted molar refractivity (Wildman–Crippen MR) is 96.3 cm³/mol. The molecule has 3 rings (SSSR count). The van der Waals surface area contributed by atoms with Crippen molar-refractivity contribution in [3.05, 3.63) is 64.4 Å². The summed E-state index contributed by atoms with van der Waals surface area (Å²) in [5, 5.41) is 0.364. The molecule has 1 saturated carbocycles. The number of hydrogen-bond donors (Lipinski definition) is 0. The van der Waals surface area contributed by atoms with Gasteiger partial charge in [0.15, 0.2) is 0 Å². The number of rotatable bonds is 7. The monoisotopic (exact) mass is 361 g/mol. The van der Waals surface area contributed by atoms with Crippen LogP contribution in [0.4, 0.5) is 4.39 Å². The topological polar surface area (TPSA) is 29.5 Å². The van der Waals surface area contributed by atoms with Gasteiger partial charge in [0.05, 0.1) is 13.7 Å². The van der Waals surface area contributed by atoms with Crippen molar-refractivity contribution < 1.29 is 13.9 Å². The van der Waals surface area contributed by atoms with Crippen LogP contribution in [0.25, 0.3) is 0 Å². The van der Waals surface area contributed by atoms with Crippen LogP contribution >= 0.6 is 11.6 Å². The van der Waals surface area contributed by atoms with Gasteiger partial charge in [-0.3, -0.25) is 4.79 Å². The Hall–Kier alpha value is -2.07. The molecule has 0 radical (unpaired) electrons. The molecule has 0 unspecified atom stereocenters. The number of methoxy groups -OCH3 is 1. The van der Waals surface area contributed by atoms with E-state index in [0.717, 1.165) is 24.2 Å². The van der Waals surface area contributed by atoms with E-state index in [4.69, 9.17) is 16.3 Å². The maximum absolute atomic E-state index is 14.1. The fraction of sp³-hybridized carbons (Fsp3) is 0.350. The average Bonchev–Trinajstić information content (AvgIpc) is 3.44. The molecule has 1 amide bonds. The summed E-state index contributed by atoms with van der Waals surface area (Å²) >= 11 is 6.12. The molecular formula is C20H21ClFNO2. The minimum atomic E-state index is -0.365. The largest absolute Gasteiger partial charge is 0.496 e. The molecule has 0 saturated heterocycles. The Labute approximate surface area is 152 Å². The molecule has 0 atom stereocenters. The number of nitrogens with zero attached hydrogens (tertiary/aromatic N) is 1. The second kappa shape index (κ2) is 7.87. The van der Waals surface area contributed by atoms with Crippen LogP contribution in [-0.2, 0) is 17.8 Å². The highest BCUT2D eigenvalue weighted by Crippen LogP contribution is 2.31. The Kier molecular flexibility index (Phi) is 5.59. The fourth-order valence-corrected chi connectivity index (χ4v) is 3.18. The van der Waals surface area contributed by atoms with Crippen molar-refractivity contribution in [2.24, 2.45) is 0 Å². The first-order chi connectivity index (χ1) is 12.1. The lowest BCUT2D eigenvalue weighted by Crippen LogP contribution is -2.33. The summed E-state index contributed by atoms with van der Waals surface area (Å²) in [6.07, 6.45) is 2.89. The van der Waals surface area contributed by atoms with E-state index < -0.39 is 0 Å². The Balaban J connectivity index is 1.70. The molecule has 0 bridgehead atoms. The number of carbonyl (C=O) groups excluding carboxylic acids is 1. The highest BCUT2D eigenvalue weighted by atomic mass is 35.5. The van der Waals surface area contributed by atoms with Gasteiger partial charge in [0.1, 0.15) is 11.6 Å². The average molecular weight is 362 g/mol. The summed E-state index contributed by atoms with van der Waals surface area (Å²) in [7, 11) is 1.62. The van der Waals surface area contributed by atoms with E-state index in [1.54, 1.807) is 24.1 Å². The number of para-hydroxylation sites is 1. The zero-order valence-electron chi connectivity index (χ0n) is 14.2. The number of carbonyl (C=O) groups is 1. The van der Waals surface area contributed by atoms with Gasteiger partial charge in [-0.25, -0.2) is 4.39 Å². The van der Waals surface area contributed by atoms with Gasteiger partial charge >= 0.3 is 0 Å². The normalized spacial score (nSPS) is 13.6. The standard InChI is InChI=1S/C20H21ClFNO2/c1-25-19-8-3-2-5-14(19)9-12-20(24)23(15-10-11-15)13-16-17(21)6-4-7-18(16)22/h2-8,15H,9-13H2,1H3. The third-order valence-corrected chi connectivity index (χ3v) is 4.85. The van der Waals surface area contributed by atoms with Gasteiger partial charge in [0.2, 0.25) is 5.91 Å². The molecule has 3 nitrogen and oxygen atoms in total. The van der Waals surface area contributed by atoms with Gasteiger partial charge in [-0.15, -0.1) is 0 Å². The molecule has 0 N–H and O–H groups in total.